The topological polar surface area (TPSA) is 39.1 Å². The summed E-state index contributed by atoms with van der Waals surface area (Å²) in [5.74, 6) is 1.70. The highest BCUT2D eigenvalue weighted by molar-refractivity contribution is 5.33. The van der Waals surface area contributed by atoms with Crippen LogP contribution in [0.5, 0.6) is 0 Å². The van der Waals surface area contributed by atoms with Crippen LogP contribution in [0.2, 0.25) is 0 Å². The number of hydrogen-bond donors (Lipinski definition) is 1. The van der Waals surface area contributed by atoms with Crippen LogP contribution in [-0.2, 0) is 11.3 Å². The summed E-state index contributed by atoms with van der Waals surface area (Å²) in [7, 11) is 0. The molecule has 16 heavy (non-hydrogen) atoms. The highest BCUT2D eigenvalue weighted by Crippen LogP contribution is 2.12. The fourth-order valence-corrected chi connectivity index (χ4v) is 1.81. The van der Waals surface area contributed by atoms with Crippen molar-refractivity contribution in [2.24, 2.45) is 5.92 Å². The van der Waals surface area contributed by atoms with E-state index in [1.165, 1.54) is 6.42 Å². The number of ether oxygens (including phenoxy) is 1. The number of aromatic nitrogens is 2. The van der Waals surface area contributed by atoms with Crippen LogP contribution in [0, 0.1) is 5.92 Å². The van der Waals surface area contributed by atoms with Gasteiger partial charge in [0.05, 0.1) is 12.6 Å². The van der Waals surface area contributed by atoms with Gasteiger partial charge < -0.3 is 10.1 Å². The van der Waals surface area contributed by atoms with E-state index in [1.54, 1.807) is 0 Å². The van der Waals surface area contributed by atoms with Crippen molar-refractivity contribution in [3.63, 3.8) is 0 Å². The molecule has 1 saturated heterocycles. The molecule has 90 valence electrons. The number of nitrogens with zero attached hydrogens (tertiary/aromatic N) is 2. The molecule has 2 rings (SSSR count). The van der Waals surface area contributed by atoms with Crippen LogP contribution in [0.1, 0.15) is 26.7 Å². The molecular weight excluding hydrogens is 202 g/mol. The van der Waals surface area contributed by atoms with Crippen molar-refractivity contribution in [3.05, 3.63) is 12.3 Å². The highest BCUT2D eigenvalue weighted by atomic mass is 16.5. The van der Waals surface area contributed by atoms with E-state index < -0.39 is 0 Å². The Kier molecular flexibility index (Phi) is 3.83. The van der Waals surface area contributed by atoms with Crippen LogP contribution in [0.15, 0.2) is 12.3 Å². The summed E-state index contributed by atoms with van der Waals surface area (Å²) >= 11 is 0. The fourth-order valence-electron chi connectivity index (χ4n) is 1.81. The Morgan fingerprint density at radius 3 is 3.19 bits per heavy atom. The van der Waals surface area contributed by atoms with E-state index in [4.69, 9.17) is 4.74 Å². The molecule has 1 fully saturated rings. The van der Waals surface area contributed by atoms with Crippen LogP contribution < -0.4 is 5.32 Å². The van der Waals surface area contributed by atoms with Crippen molar-refractivity contribution in [2.45, 2.75) is 39.3 Å². The SMILES string of the molecule is CC(C)CCn1ccc(NC2CCOC2)n1. The summed E-state index contributed by atoms with van der Waals surface area (Å²) in [6.45, 7) is 7.14. The summed E-state index contributed by atoms with van der Waals surface area (Å²) in [6, 6.07) is 2.48. The first-order chi connectivity index (χ1) is 7.74. The van der Waals surface area contributed by atoms with Crippen LogP contribution >= 0.6 is 0 Å². The molecule has 0 amide bonds. The summed E-state index contributed by atoms with van der Waals surface area (Å²) in [4.78, 5) is 0. The van der Waals surface area contributed by atoms with Gasteiger partial charge in [-0.1, -0.05) is 13.8 Å². The van der Waals surface area contributed by atoms with E-state index in [0.717, 1.165) is 37.9 Å². The van der Waals surface area contributed by atoms with Crippen molar-refractivity contribution >= 4 is 5.82 Å². The largest absolute Gasteiger partial charge is 0.379 e. The lowest BCUT2D eigenvalue weighted by atomic mass is 10.1. The minimum absolute atomic E-state index is 0.438. The molecule has 4 heteroatoms. The smallest absolute Gasteiger partial charge is 0.148 e. The van der Waals surface area contributed by atoms with Crippen LogP contribution in [-0.4, -0.2) is 29.0 Å². The van der Waals surface area contributed by atoms with Crippen molar-refractivity contribution in [2.75, 3.05) is 18.5 Å². The van der Waals surface area contributed by atoms with Gasteiger partial charge in [-0.15, -0.1) is 0 Å². The van der Waals surface area contributed by atoms with Crippen molar-refractivity contribution in [1.29, 1.82) is 0 Å². The van der Waals surface area contributed by atoms with Gasteiger partial charge in [0.25, 0.3) is 0 Å². The molecule has 1 aliphatic rings. The lowest BCUT2D eigenvalue weighted by Crippen LogP contribution is -2.19. The van der Waals surface area contributed by atoms with E-state index >= 15 is 0 Å². The summed E-state index contributed by atoms with van der Waals surface area (Å²) < 4.78 is 7.33. The molecule has 0 spiro atoms. The van der Waals surface area contributed by atoms with Gasteiger partial charge in [0.1, 0.15) is 5.82 Å². The summed E-state index contributed by atoms with van der Waals surface area (Å²) in [5.41, 5.74) is 0. The molecule has 0 bridgehead atoms. The second kappa shape index (κ2) is 5.34. The Hall–Kier alpha value is -1.03. The number of hydrogen-bond acceptors (Lipinski definition) is 3. The molecule has 0 saturated carbocycles. The van der Waals surface area contributed by atoms with Crippen molar-refractivity contribution < 1.29 is 4.74 Å². The van der Waals surface area contributed by atoms with E-state index in [9.17, 15) is 0 Å². The van der Waals surface area contributed by atoms with Gasteiger partial charge in [0.2, 0.25) is 0 Å². The minimum atomic E-state index is 0.438. The van der Waals surface area contributed by atoms with Crippen LogP contribution in [0.25, 0.3) is 0 Å². The first-order valence-electron chi connectivity index (χ1n) is 6.12. The molecule has 1 aromatic rings. The summed E-state index contributed by atoms with van der Waals surface area (Å²) in [5, 5.41) is 7.89. The number of rotatable bonds is 5. The van der Waals surface area contributed by atoms with Gasteiger partial charge in [0.15, 0.2) is 0 Å². The van der Waals surface area contributed by atoms with Gasteiger partial charge in [-0.3, -0.25) is 4.68 Å². The third-order valence-electron chi connectivity index (χ3n) is 2.86. The van der Waals surface area contributed by atoms with Gasteiger partial charge in [0, 0.05) is 25.4 Å². The first-order valence-corrected chi connectivity index (χ1v) is 6.12. The van der Waals surface area contributed by atoms with Crippen LogP contribution in [0.3, 0.4) is 0 Å². The maximum absolute atomic E-state index is 5.32. The van der Waals surface area contributed by atoms with E-state index in [1.807, 2.05) is 16.9 Å². The number of anilines is 1. The summed E-state index contributed by atoms with van der Waals surface area (Å²) in [6.07, 6.45) is 4.30. The molecule has 0 radical (unpaired) electrons. The molecular formula is C12H21N3O. The zero-order chi connectivity index (χ0) is 11.4. The first kappa shape index (κ1) is 11.5. The molecule has 1 aliphatic heterocycles. The molecule has 2 heterocycles. The van der Waals surface area contributed by atoms with Crippen LogP contribution in [0.4, 0.5) is 5.82 Å². The van der Waals surface area contributed by atoms with Crippen molar-refractivity contribution in [3.8, 4) is 0 Å². The third-order valence-corrected chi connectivity index (χ3v) is 2.86. The normalized spacial score (nSPS) is 20.6. The van der Waals surface area contributed by atoms with Gasteiger partial charge in [-0.25, -0.2) is 0 Å². The third kappa shape index (κ3) is 3.23. The standard InChI is InChI=1S/C12H21N3O/c1-10(2)3-6-15-7-4-12(14-15)13-11-5-8-16-9-11/h4,7,10-11H,3,5-6,8-9H2,1-2H3,(H,13,14). The average molecular weight is 223 g/mol. The average Bonchev–Trinajstić information content (AvgIpc) is 2.87. The predicted molar refractivity (Wildman–Crippen MR) is 64.5 cm³/mol. The molecule has 1 atom stereocenters. The monoisotopic (exact) mass is 223 g/mol. The molecule has 1 aromatic heterocycles. The Morgan fingerprint density at radius 2 is 2.50 bits per heavy atom. The Morgan fingerprint density at radius 1 is 1.62 bits per heavy atom. The quantitative estimate of drug-likeness (QED) is 0.831. The predicted octanol–water partition coefficient (Wildman–Crippen LogP) is 2.13. The maximum Gasteiger partial charge on any atom is 0.148 e. The molecule has 4 nitrogen and oxygen atoms in total. The van der Waals surface area contributed by atoms with E-state index in [2.05, 4.69) is 24.3 Å². The molecule has 1 unspecified atom stereocenters. The zero-order valence-electron chi connectivity index (χ0n) is 10.1. The van der Waals surface area contributed by atoms with E-state index in [-0.39, 0.29) is 0 Å². The zero-order valence-corrected chi connectivity index (χ0v) is 10.1. The molecule has 0 aromatic carbocycles. The van der Waals surface area contributed by atoms with Gasteiger partial charge in [-0.05, 0) is 18.8 Å². The Labute approximate surface area is 97.0 Å². The van der Waals surface area contributed by atoms with E-state index in [0.29, 0.717) is 6.04 Å². The molecule has 1 N–H and O–H groups in total. The van der Waals surface area contributed by atoms with Gasteiger partial charge in [-0.2, -0.15) is 5.10 Å². The number of nitrogens with one attached hydrogen (secondary N) is 1. The van der Waals surface area contributed by atoms with Crippen molar-refractivity contribution in [1.82, 2.24) is 9.78 Å². The second-order valence-electron chi connectivity index (χ2n) is 4.85. The lowest BCUT2D eigenvalue weighted by Gasteiger charge is -2.09. The Balaban J connectivity index is 1.81. The second-order valence-corrected chi connectivity index (χ2v) is 4.85. The van der Waals surface area contributed by atoms with Gasteiger partial charge >= 0.3 is 0 Å². The number of aryl methyl sites for hydroxylation is 1. The molecule has 0 aliphatic carbocycles. The minimum Gasteiger partial charge on any atom is -0.379 e. The maximum atomic E-state index is 5.32. The fraction of sp³-hybridized carbons (Fsp3) is 0.750. The Bertz CT molecular complexity index is 316. The lowest BCUT2D eigenvalue weighted by molar-refractivity contribution is 0.195. The highest BCUT2D eigenvalue weighted by Gasteiger charge is 2.15.